The van der Waals surface area contributed by atoms with E-state index in [1.165, 1.54) is 24.0 Å². The Morgan fingerprint density at radius 1 is 1.24 bits per heavy atom. The van der Waals surface area contributed by atoms with Crippen LogP contribution in [0.2, 0.25) is 0 Å². The summed E-state index contributed by atoms with van der Waals surface area (Å²) in [5.74, 6) is 0.570. The molecule has 0 atom stereocenters. The summed E-state index contributed by atoms with van der Waals surface area (Å²) in [7, 11) is 0. The number of rotatable bonds is 3. The van der Waals surface area contributed by atoms with Gasteiger partial charge in [-0.1, -0.05) is 13.8 Å². The van der Waals surface area contributed by atoms with Crippen molar-refractivity contribution in [3.8, 4) is 0 Å². The zero-order chi connectivity index (χ0) is 12.4. The molecule has 3 N–H and O–H groups in total. The Labute approximate surface area is 102 Å². The number of hydrogen-bond donors (Lipinski definition) is 2. The van der Waals surface area contributed by atoms with Gasteiger partial charge in [-0.25, -0.2) is 0 Å². The highest BCUT2D eigenvalue weighted by Gasteiger charge is 2.19. The van der Waals surface area contributed by atoms with E-state index in [-0.39, 0.29) is 5.56 Å². The molecule has 1 aromatic rings. The van der Waals surface area contributed by atoms with Crippen LogP contribution in [0.25, 0.3) is 0 Å². The number of pyridine rings is 1. The molecule has 17 heavy (non-hydrogen) atoms. The molecule has 0 saturated heterocycles. The Morgan fingerprint density at radius 3 is 2.47 bits per heavy atom. The quantitative estimate of drug-likeness (QED) is 0.839. The molecule has 0 aliphatic heterocycles. The first kappa shape index (κ1) is 12.4. The SMILES string of the molecule is CC(C)Cc1[nH]c(=O)c(CN)c2c1CCCC2. The maximum Gasteiger partial charge on any atom is 0.252 e. The van der Waals surface area contributed by atoms with Gasteiger partial charge in [0.2, 0.25) is 0 Å². The van der Waals surface area contributed by atoms with Gasteiger partial charge in [0.15, 0.2) is 0 Å². The number of H-pyrrole nitrogens is 1. The first-order valence-corrected chi connectivity index (χ1v) is 6.59. The van der Waals surface area contributed by atoms with Crippen LogP contribution in [0.5, 0.6) is 0 Å². The Morgan fingerprint density at radius 2 is 1.88 bits per heavy atom. The summed E-state index contributed by atoms with van der Waals surface area (Å²) in [4.78, 5) is 15.0. The second-order valence-electron chi connectivity index (χ2n) is 5.38. The maximum absolute atomic E-state index is 12.0. The molecule has 1 heterocycles. The predicted octanol–water partition coefficient (Wildman–Crippen LogP) is 1.91. The van der Waals surface area contributed by atoms with Gasteiger partial charge in [0, 0.05) is 17.8 Å². The van der Waals surface area contributed by atoms with E-state index in [2.05, 4.69) is 18.8 Å². The van der Waals surface area contributed by atoms with Crippen LogP contribution < -0.4 is 11.3 Å². The average Bonchev–Trinajstić information content (AvgIpc) is 2.28. The zero-order valence-electron chi connectivity index (χ0n) is 10.8. The van der Waals surface area contributed by atoms with Gasteiger partial charge in [0.25, 0.3) is 5.56 Å². The molecule has 2 rings (SSSR count). The Bertz CT molecular complexity index is 460. The predicted molar refractivity (Wildman–Crippen MR) is 70.1 cm³/mol. The molecule has 0 unspecified atom stereocenters. The van der Waals surface area contributed by atoms with Crippen LogP contribution in [0.4, 0.5) is 0 Å². The molecule has 1 aliphatic rings. The van der Waals surface area contributed by atoms with Gasteiger partial charge < -0.3 is 10.7 Å². The monoisotopic (exact) mass is 234 g/mol. The van der Waals surface area contributed by atoms with E-state index in [9.17, 15) is 4.79 Å². The van der Waals surface area contributed by atoms with Crippen LogP contribution in [0.3, 0.4) is 0 Å². The lowest BCUT2D eigenvalue weighted by atomic mass is 9.86. The van der Waals surface area contributed by atoms with E-state index in [0.29, 0.717) is 12.5 Å². The smallest absolute Gasteiger partial charge is 0.252 e. The first-order valence-electron chi connectivity index (χ1n) is 6.59. The van der Waals surface area contributed by atoms with Gasteiger partial charge in [-0.2, -0.15) is 0 Å². The molecule has 0 saturated carbocycles. The van der Waals surface area contributed by atoms with Crippen molar-refractivity contribution in [1.29, 1.82) is 0 Å². The number of nitrogens with two attached hydrogens (primary N) is 1. The fourth-order valence-corrected chi connectivity index (χ4v) is 2.79. The largest absolute Gasteiger partial charge is 0.326 e. The van der Waals surface area contributed by atoms with E-state index in [1.54, 1.807) is 0 Å². The highest BCUT2D eigenvalue weighted by molar-refractivity contribution is 5.38. The van der Waals surface area contributed by atoms with Crippen molar-refractivity contribution >= 4 is 0 Å². The first-order chi connectivity index (χ1) is 8.13. The Kier molecular flexibility index (Phi) is 3.67. The van der Waals surface area contributed by atoms with E-state index in [0.717, 1.165) is 30.5 Å². The van der Waals surface area contributed by atoms with E-state index < -0.39 is 0 Å². The summed E-state index contributed by atoms with van der Waals surface area (Å²) in [5.41, 5.74) is 10.3. The third-order valence-electron chi connectivity index (χ3n) is 3.55. The summed E-state index contributed by atoms with van der Waals surface area (Å²) in [5, 5.41) is 0. The molecular formula is C14H22N2O. The van der Waals surface area contributed by atoms with Crippen LogP contribution >= 0.6 is 0 Å². The van der Waals surface area contributed by atoms with E-state index in [1.807, 2.05) is 0 Å². The molecular weight excluding hydrogens is 212 g/mol. The maximum atomic E-state index is 12.0. The molecule has 0 fully saturated rings. The third-order valence-corrected chi connectivity index (χ3v) is 3.55. The lowest BCUT2D eigenvalue weighted by Crippen LogP contribution is -2.25. The minimum atomic E-state index is 0.0313. The lowest BCUT2D eigenvalue weighted by Gasteiger charge is -2.22. The molecule has 0 spiro atoms. The lowest BCUT2D eigenvalue weighted by molar-refractivity contribution is 0.605. The fourth-order valence-electron chi connectivity index (χ4n) is 2.79. The van der Waals surface area contributed by atoms with Crippen molar-refractivity contribution in [1.82, 2.24) is 4.98 Å². The minimum absolute atomic E-state index is 0.0313. The average molecular weight is 234 g/mol. The molecule has 0 amide bonds. The van der Waals surface area contributed by atoms with Crippen LogP contribution in [0.1, 0.15) is 49.1 Å². The van der Waals surface area contributed by atoms with Gasteiger partial charge >= 0.3 is 0 Å². The Hall–Kier alpha value is -1.09. The zero-order valence-corrected chi connectivity index (χ0v) is 10.8. The van der Waals surface area contributed by atoms with Gasteiger partial charge in [0.05, 0.1) is 0 Å². The summed E-state index contributed by atoms with van der Waals surface area (Å²) >= 11 is 0. The number of hydrogen-bond acceptors (Lipinski definition) is 2. The van der Waals surface area contributed by atoms with Crippen molar-refractivity contribution < 1.29 is 0 Å². The molecule has 3 nitrogen and oxygen atoms in total. The number of aromatic nitrogens is 1. The third kappa shape index (κ3) is 2.44. The van der Waals surface area contributed by atoms with Gasteiger partial charge in [-0.3, -0.25) is 4.79 Å². The van der Waals surface area contributed by atoms with Gasteiger partial charge in [-0.15, -0.1) is 0 Å². The van der Waals surface area contributed by atoms with Crippen LogP contribution in [0.15, 0.2) is 4.79 Å². The van der Waals surface area contributed by atoms with Crippen molar-refractivity contribution in [2.45, 2.75) is 52.5 Å². The van der Waals surface area contributed by atoms with Crippen molar-refractivity contribution in [3.63, 3.8) is 0 Å². The van der Waals surface area contributed by atoms with Gasteiger partial charge in [-0.05, 0) is 49.1 Å². The topological polar surface area (TPSA) is 58.9 Å². The summed E-state index contributed by atoms with van der Waals surface area (Å²) in [6, 6.07) is 0. The standard InChI is InChI=1S/C14H22N2O/c1-9(2)7-13-11-6-4-3-5-10(11)12(8-15)14(17)16-13/h9H,3-8,15H2,1-2H3,(H,16,17). The van der Waals surface area contributed by atoms with Crippen molar-refractivity contribution in [2.75, 3.05) is 0 Å². The molecule has 1 aromatic heterocycles. The molecule has 3 heteroatoms. The highest BCUT2D eigenvalue weighted by atomic mass is 16.1. The molecule has 1 aliphatic carbocycles. The summed E-state index contributed by atoms with van der Waals surface area (Å²) in [6.07, 6.45) is 5.50. The molecule has 0 aromatic carbocycles. The molecule has 0 bridgehead atoms. The van der Waals surface area contributed by atoms with Crippen LogP contribution in [-0.2, 0) is 25.8 Å². The minimum Gasteiger partial charge on any atom is -0.326 e. The highest BCUT2D eigenvalue weighted by Crippen LogP contribution is 2.25. The van der Waals surface area contributed by atoms with Crippen molar-refractivity contribution in [3.05, 3.63) is 32.7 Å². The second-order valence-corrected chi connectivity index (χ2v) is 5.38. The molecule has 94 valence electrons. The summed E-state index contributed by atoms with van der Waals surface area (Å²) < 4.78 is 0. The normalized spacial score (nSPS) is 15.1. The fraction of sp³-hybridized carbons (Fsp3) is 0.643. The van der Waals surface area contributed by atoms with Crippen LogP contribution in [0, 0.1) is 5.92 Å². The van der Waals surface area contributed by atoms with Crippen LogP contribution in [-0.4, -0.2) is 4.98 Å². The second kappa shape index (κ2) is 5.05. The van der Waals surface area contributed by atoms with Crippen molar-refractivity contribution in [2.24, 2.45) is 11.7 Å². The number of nitrogens with one attached hydrogen (secondary N) is 1. The van der Waals surface area contributed by atoms with Gasteiger partial charge in [0.1, 0.15) is 0 Å². The summed E-state index contributed by atoms with van der Waals surface area (Å²) in [6.45, 7) is 4.73. The van der Waals surface area contributed by atoms with E-state index >= 15 is 0 Å². The van der Waals surface area contributed by atoms with E-state index in [4.69, 9.17) is 5.73 Å². The number of fused-ring (bicyclic) bond motifs is 1. The Balaban J connectivity index is 2.54. The molecule has 0 radical (unpaired) electrons. The number of aromatic amines is 1.